The Hall–Kier alpha value is -0.120. The van der Waals surface area contributed by atoms with E-state index in [9.17, 15) is 5.11 Å². The van der Waals surface area contributed by atoms with Crippen LogP contribution in [0.1, 0.15) is 59.8 Å². The summed E-state index contributed by atoms with van der Waals surface area (Å²) in [7, 11) is 0. The molecule has 2 N–H and O–H groups in total. The van der Waals surface area contributed by atoms with E-state index in [0.717, 1.165) is 24.9 Å². The second-order valence-corrected chi connectivity index (χ2v) is 8.17. The van der Waals surface area contributed by atoms with Gasteiger partial charge in [-0.15, -0.1) is 0 Å². The molecule has 3 nitrogen and oxygen atoms in total. The minimum Gasteiger partial charge on any atom is -0.393 e. The SMILES string of the molecule is CC(C)CCNC1CC(CC(O)C(C)C)CN(C2CC2)C1. The fraction of sp³-hybridized carbons (Fsp3) is 1.00. The lowest BCUT2D eigenvalue weighted by Gasteiger charge is -2.39. The molecule has 1 aliphatic carbocycles. The van der Waals surface area contributed by atoms with Gasteiger partial charge in [-0.2, -0.15) is 0 Å². The summed E-state index contributed by atoms with van der Waals surface area (Å²) in [6.45, 7) is 12.4. The summed E-state index contributed by atoms with van der Waals surface area (Å²) in [5, 5.41) is 14.0. The van der Waals surface area contributed by atoms with E-state index in [4.69, 9.17) is 0 Å². The Bertz CT molecular complexity index is 300. The molecule has 3 atom stereocenters. The van der Waals surface area contributed by atoms with Crippen molar-refractivity contribution >= 4 is 0 Å². The van der Waals surface area contributed by atoms with Crippen LogP contribution in [0.25, 0.3) is 0 Å². The molecule has 0 radical (unpaired) electrons. The second-order valence-electron chi connectivity index (χ2n) is 8.17. The Morgan fingerprint density at radius 1 is 1.14 bits per heavy atom. The highest BCUT2D eigenvalue weighted by Crippen LogP contribution is 2.33. The first kappa shape index (κ1) is 17.2. The van der Waals surface area contributed by atoms with Crippen molar-refractivity contribution < 1.29 is 5.11 Å². The van der Waals surface area contributed by atoms with Crippen LogP contribution in [0.2, 0.25) is 0 Å². The molecule has 1 saturated heterocycles. The van der Waals surface area contributed by atoms with Gasteiger partial charge in [0, 0.05) is 25.2 Å². The number of aliphatic hydroxyl groups excluding tert-OH is 1. The molecule has 3 unspecified atom stereocenters. The normalized spacial score (nSPS) is 29.3. The summed E-state index contributed by atoms with van der Waals surface area (Å²) in [4.78, 5) is 2.69. The third-order valence-electron chi connectivity index (χ3n) is 5.13. The first-order chi connectivity index (χ1) is 9.95. The molecule has 2 aliphatic rings. The average molecular weight is 296 g/mol. The minimum atomic E-state index is -0.134. The molecule has 2 rings (SSSR count). The number of nitrogens with one attached hydrogen (secondary N) is 1. The monoisotopic (exact) mass is 296 g/mol. The fourth-order valence-electron chi connectivity index (χ4n) is 3.49. The van der Waals surface area contributed by atoms with E-state index in [-0.39, 0.29) is 6.10 Å². The molecule has 0 aromatic carbocycles. The van der Waals surface area contributed by atoms with Crippen molar-refractivity contribution in [3.8, 4) is 0 Å². The van der Waals surface area contributed by atoms with Crippen molar-refractivity contribution in [3.63, 3.8) is 0 Å². The van der Waals surface area contributed by atoms with E-state index < -0.39 is 0 Å². The van der Waals surface area contributed by atoms with Crippen LogP contribution in [0.5, 0.6) is 0 Å². The van der Waals surface area contributed by atoms with Gasteiger partial charge in [0.05, 0.1) is 6.10 Å². The topological polar surface area (TPSA) is 35.5 Å². The smallest absolute Gasteiger partial charge is 0.0566 e. The van der Waals surface area contributed by atoms with Crippen LogP contribution >= 0.6 is 0 Å². The van der Waals surface area contributed by atoms with E-state index in [1.54, 1.807) is 0 Å². The van der Waals surface area contributed by atoms with E-state index in [2.05, 4.69) is 37.9 Å². The van der Waals surface area contributed by atoms with Gasteiger partial charge in [-0.1, -0.05) is 27.7 Å². The van der Waals surface area contributed by atoms with E-state index in [1.165, 1.54) is 38.8 Å². The lowest BCUT2D eigenvalue weighted by Crippen LogP contribution is -2.50. The summed E-state index contributed by atoms with van der Waals surface area (Å²) in [6, 6.07) is 1.47. The summed E-state index contributed by atoms with van der Waals surface area (Å²) < 4.78 is 0. The molecule has 1 heterocycles. The highest BCUT2D eigenvalue weighted by Gasteiger charge is 2.36. The molecule has 1 saturated carbocycles. The molecule has 0 bridgehead atoms. The quantitative estimate of drug-likeness (QED) is 0.723. The maximum absolute atomic E-state index is 10.2. The summed E-state index contributed by atoms with van der Waals surface area (Å²) in [5.41, 5.74) is 0. The number of piperidine rings is 1. The van der Waals surface area contributed by atoms with Gasteiger partial charge >= 0.3 is 0 Å². The molecule has 124 valence electrons. The van der Waals surface area contributed by atoms with Gasteiger partial charge in [-0.05, 0) is 56.4 Å². The molecule has 2 fully saturated rings. The zero-order valence-electron chi connectivity index (χ0n) is 14.5. The van der Waals surface area contributed by atoms with Gasteiger partial charge in [0.25, 0.3) is 0 Å². The van der Waals surface area contributed by atoms with Crippen molar-refractivity contribution in [1.82, 2.24) is 10.2 Å². The molecule has 21 heavy (non-hydrogen) atoms. The van der Waals surface area contributed by atoms with Gasteiger partial charge in [0.2, 0.25) is 0 Å². The average Bonchev–Trinajstić information content (AvgIpc) is 3.22. The Morgan fingerprint density at radius 2 is 1.86 bits per heavy atom. The van der Waals surface area contributed by atoms with Gasteiger partial charge < -0.3 is 10.4 Å². The van der Waals surface area contributed by atoms with Gasteiger partial charge in [0.15, 0.2) is 0 Å². The van der Waals surface area contributed by atoms with E-state index in [1.807, 2.05) is 0 Å². The van der Waals surface area contributed by atoms with Crippen molar-refractivity contribution in [2.45, 2.75) is 78.0 Å². The maximum atomic E-state index is 10.2. The summed E-state index contributed by atoms with van der Waals surface area (Å²) in [5.74, 6) is 1.82. The van der Waals surface area contributed by atoms with Gasteiger partial charge in [-0.25, -0.2) is 0 Å². The van der Waals surface area contributed by atoms with Crippen LogP contribution < -0.4 is 5.32 Å². The van der Waals surface area contributed by atoms with Crippen LogP contribution in [0.3, 0.4) is 0 Å². The number of likely N-dealkylation sites (tertiary alicyclic amines) is 1. The van der Waals surface area contributed by atoms with Gasteiger partial charge in [0.1, 0.15) is 0 Å². The third kappa shape index (κ3) is 5.88. The van der Waals surface area contributed by atoms with Crippen LogP contribution in [-0.2, 0) is 0 Å². The largest absolute Gasteiger partial charge is 0.393 e. The Balaban J connectivity index is 1.82. The highest BCUT2D eigenvalue weighted by atomic mass is 16.3. The number of hydrogen-bond acceptors (Lipinski definition) is 3. The molecular formula is C18H36N2O. The fourth-order valence-corrected chi connectivity index (χ4v) is 3.49. The summed E-state index contributed by atoms with van der Waals surface area (Å²) >= 11 is 0. The predicted octanol–water partition coefficient (Wildman–Crippen LogP) is 2.88. The van der Waals surface area contributed by atoms with E-state index >= 15 is 0 Å². The molecule has 0 amide bonds. The number of rotatable bonds is 8. The lowest BCUT2D eigenvalue weighted by atomic mass is 9.86. The summed E-state index contributed by atoms with van der Waals surface area (Å²) in [6.07, 6.45) is 6.12. The van der Waals surface area contributed by atoms with Crippen LogP contribution in [-0.4, -0.2) is 47.8 Å². The lowest BCUT2D eigenvalue weighted by molar-refractivity contribution is 0.0591. The zero-order valence-corrected chi connectivity index (χ0v) is 14.5. The zero-order chi connectivity index (χ0) is 15.4. The van der Waals surface area contributed by atoms with Crippen LogP contribution in [0.15, 0.2) is 0 Å². The Morgan fingerprint density at radius 3 is 2.43 bits per heavy atom. The molecule has 1 aliphatic heterocycles. The molecular weight excluding hydrogens is 260 g/mol. The Kier molecular flexibility index (Phi) is 6.51. The van der Waals surface area contributed by atoms with Crippen molar-refractivity contribution in [2.75, 3.05) is 19.6 Å². The first-order valence-electron chi connectivity index (χ1n) is 9.11. The molecule has 0 spiro atoms. The van der Waals surface area contributed by atoms with Crippen molar-refractivity contribution in [2.24, 2.45) is 17.8 Å². The highest BCUT2D eigenvalue weighted by molar-refractivity contribution is 4.93. The minimum absolute atomic E-state index is 0.134. The molecule has 3 heteroatoms. The number of nitrogens with zero attached hydrogens (tertiary/aromatic N) is 1. The third-order valence-corrected chi connectivity index (χ3v) is 5.13. The number of hydrogen-bond donors (Lipinski definition) is 2. The second kappa shape index (κ2) is 7.94. The van der Waals surface area contributed by atoms with Crippen LogP contribution in [0.4, 0.5) is 0 Å². The predicted molar refractivity (Wildman–Crippen MR) is 89.4 cm³/mol. The van der Waals surface area contributed by atoms with Crippen LogP contribution in [0, 0.1) is 17.8 Å². The maximum Gasteiger partial charge on any atom is 0.0566 e. The van der Waals surface area contributed by atoms with E-state index in [0.29, 0.717) is 17.9 Å². The van der Waals surface area contributed by atoms with Crippen molar-refractivity contribution in [1.29, 1.82) is 0 Å². The van der Waals surface area contributed by atoms with Gasteiger partial charge in [-0.3, -0.25) is 4.90 Å². The Labute approximate surface area is 131 Å². The first-order valence-corrected chi connectivity index (χ1v) is 9.11. The molecule has 0 aromatic heterocycles. The van der Waals surface area contributed by atoms with Crippen molar-refractivity contribution in [3.05, 3.63) is 0 Å². The number of aliphatic hydroxyl groups is 1. The standard InChI is InChI=1S/C18H36N2O/c1-13(2)7-8-19-16-9-15(10-18(21)14(3)4)11-20(12-16)17-5-6-17/h13-19,21H,5-12H2,1-4H3. The molecule has 0 aromatic rings.